The van der Waals surface area contributed by atoms with Crippen LogP contribution in [0.2, 0.25) is 0 Å². The molecule has 0 spiro atoms. The number of aromatic nitrogens is 3. The van der Waals surface area contributed by atoms with Gasteiger partial charge in [0.1, 0.15) is 11.6 Å². The van der Waals surface area contributed by atoms with Crippen molar-refractivity contribution in [2.45, 2.75) is 39.8 Å². The van der Waals surface area contributed by atoms with Gasteiger partial charge >= 0.3 is 0 Å². The summed E-state index contributed by atoms with van der Waals surface area (Å²) in [4.78, 5) is 17.3. The fraction of sp³-hybridized carbons (Fsp3) is 0.316. The van der Waals surface area contributed by atoms with Crippen molar-refractivity contribution in [3.63, 3.8) is 0 Å². The van der Waals surface area contributed by atoms with E-state index in [1.807, 2.05) is 13.8 Å². The molecule has 26 heavy (non-hydrogen) atoms. The zero-order valence-corrected chi connectivity index (χ0v) is 15.0. The minimum absolute atomic E-state index is 0.102. The van der Waals surface area contributed by atoms with E-state index < -0.39 is 17.7 Å². The Hall–Kier alpha value is -2.83. The zero-order chi connectivity index (χ0) is 19.0. The van der Waals surface area contributed by atoms with Crippen molar-refractivity contribution in [3.8, 4) is 0 Å². The molecule has 0 saturated carbocycles. The zero-order valence-electron chi connectivity index (χ0n) is 15.0. The van der Waals surface area contributed by atoms with Crippen LogP contribution in [0.4, 0.5) is 8.78 Å². The van der Waals surface area contributed by atoms with Crippen molar-refractivity contribution >= 4 is 16.9 Å². The average Bonchev–Trinajstić information content (AvgIpc) is 2.97. The molecule has 0 saturated heterocycles. The molecular weight excluding hydrogens is 338 g/mol. The maximum Gasteiger partial charge on any atom is 0.252 e. The van der Waals surface area contributed by atoms with Gasteiger partial charge in [-0.05, 0) is 39.8 Å². The minimum atomic E-state index is -0.693. The van der Waals surface area contributed by atoms with Crippen molar-refractivity contribution in [3.05, 3.63) is 58.9 Å². The van der Waals surface area contributed by atoms with Crippen LogP contribution in [0.3, 0.4) is 0 Å². The van der Waals surface area contributed by atoms with Crippen LogP contribution in [0, 0.1) is 18.6 Å². The van der Waals surface area contributed by atoms with Crippen LogP contribution in [0.5, 0.6) is 0 Å². The van der Waals surface area contributed by atoms with E-state index in [0.717, 1.165) is 6.07 Å². The molecule has 0 bridgehead atoms. The summed E-state index contributed by atoms with van der Waals surface area (Å²) in [5.74, 6) is -1.71. The highest BCUT2D eigenvalue weighted by atomic mass is 19.1. The molecule has 0 radical (unpaired) electrons. The van der Waals surface area contributed by atoms with Crippen LogP contribution in [0.25, 0.3) is 11.0 Å². The lowest BCUT2D eigenvalue weighted by Crippen LogP contribution is -2.27. The number of nitrogens with one attached hydrogen (secondary N) is 1. The van der Waals surface area contributed by atoms with Crippen molar-refractivity contribution in [1.29, 1.82) is 0 Å². The quantitative estimate of drug-likeness (QED) is 0.764. The van der Waals surface area contributed by atoms with E-state index in [4.69, 9.17) is 0 Å². The molecule has 1 amide bonds. The number of hydrogen-bond acceptors (Lipinski definition) is 3. The standard InChI is InChI=1S/C19H20F2N4O/c1-10(2)25-18-16(9-22-25)15(7-11(3)23-18)19(26)24-12(4)14-6-5-13(20)8-17(14)21/h5-10,12H,1-4H3,(H,24,26)/t12-/m1/s1. The van der Waals surface area contributed by atoms with Gasteiger partial charge in [0.25, 0.3) is 5.91 Å². The topological polar surface area (TPSA) is 59.8 Å². The van der Waals surface area contributed by atoms with E-state index >= 15 is 0 Å². The van der Waals surface area contributed by atoms with Gasteiger partial charge in [0.2, 0.25) is 0 Å². The first-order valence-electron chi connectivity index (χ1n) is 8.38. The van der Waals surface area contributed by atoms with Crippen molar-refractivity contribution in [2.24, 2.45) is 0 Å². The van der Waals surface area contributed by atoms with E-state index in [9.17, 15) is 13.6 Å². The number of rotatable bonds is 4. The van der Waals surface area contributed by atoms with Crippen LogP contribution < -0.4 is 5.32 Å². The Morgan fingerprint density at radius 2 is 1.92 bits per heavy atom. The Morgan fingerprint density at radius 1 is 1.19 bits per heavy atom. The summed E-state index contributed by atoms with van der Waals surface area (Å²) < 4.78 is 28.8. The van der Waals surface area contributed by atoms with E-state index in [-0.39, 0.29) is 17.5 Å². The second-order valence-corrected chi connectivity index (χ2v) is 6.59. The van der Waals surface area contributed by atoms with Crippen LogP contribution >= 0.6 is 0 Å². The van der Waals surface area contributed by atoms with Gasteiger partial charge in [-0.1, -0.05) is 6.07 Å². The third-order valence-corrected chi connectivity index (χ3v) is 4.21. The van der Waals surface area contributed by atoms with Gasteiger partial charge in [-0.25, -0.2) is 18.4 Å². The van der Waals surface area contributed by atoms with Gasteiger partial charge in [0.05, 0.1) is 23.2 Å². The smallest absolute Gasteiger partial charge is 0.252 e. The number of carbonyl (C=O) groups is 1. The molecule has 0 fully saturated rings. The molecule has 2 heterocycles. The van der Waals surface area contributed by atoms with Gasteiger partial charge in [0.15, 0.2) is 5.65 Å². The summed E-state index contributed by atoms with van der Waals surface area (Å²) in [6, 6.07) is 4.47. The fourth-order valence-electron chi connectivity index (χ4n) is 2.91. The Morgan fingerprint density at radius 3 is 2.58 bits per heavy atom. The summed E-state index contributed by atoms with van der Waals surface area (Å²) in [6.45, 7) is 7.42. The number of fused-ring (bicyclic) bond motifs is 1. The summed E-state index contributed by atoms with van der Waals surface area (Å²) in [7, 11) is 0. The molecule has 136 valence electrons. The maximum absolute atomic E-state index is 13.9. The molecule has 0 aliphatic carbocycles. The number of pyridine rings is 1. The fourth-order valence-corrected chi connectivity index (χ4v) is 2.91. The van der Waals surface area contributed by atoms with Crippen molar-refractivity contribution in [2.75, 3.05) is 0 Å². The van der Waals surface area contributed by atoms with Crippen LogP contribution in [0.1, 0.15) is 54.5 Å². The minimum Gasteiger partial charge on any atom is -0.345 e. The van der Waals surface area contributed by atoms with Crippen LogP contribution in [-0.4, -0.2) is 20.7 Å². The van der Waals surface area contributed by atoms with Gasteiger partial charge in [-0.15, -0.1) is 0 Å². The SMILES string of the molecule is Cc1cc(C(=O)N[C@H](C)c2ccc(F)cc2F)c2cnn(C(C)C)c2n1. The molecule has 0 unspecified atom stereocenters. The number of nitrogens with zero attached hydrogens (tertiary/aromatic N) is 3. The first-order chi connectivity index (χ1) is 12.3. The Labute approximate surface area is 150 Å². The Kier molecular flexibility index (Phi) is 4.71. The average molecular weight is 358 g/mol. The Bertz CT molecular complexity index is 981. The number of benzene rings is 1. The molecule has 0 aliphatic heterocycles. The highest BCUT2D eigenvalue weighted by molar-refractivity contribution is 6.05. The monoisotopic (exact) mass is 358 g/mol. The van der Waals surface area contributed by atoms with Gasteiger partial charge in [-0.2, -0.15) is 5.10 Å². The lowest BCUT2D eigenvalue weighted by Gasteiger charge is -2.16. The second kappa shape index (κ2) is 6.82. The van der Waals surface area contributed by atoms with Gasteiger partial charge in [0, 0.05) is 23.4 Å². The highest BCUT2D eigenvalue weighted by Gasteiger charge is 2.20. The molecule has 1 N–H and O–H groups in total. The third-order valence-electron chi connectivity index (χ3n) is 4.21. The number of carbonyl (C=O) groups excluding carboxylic acids is 1. The predicted molar refractivity (Wildman–Crippen MR) is 94.9 cm³/mol. The highest BCUT2D eigenvalue weighted by Crippen LogP contribution is 2.23. The molecule has 1 atom stereocenters. The summed E-state index contributed by atoms with van der Waals surface area (Å²) in [5, 5.41) is 7.71. The normalized spacial score (nSPS) is 12.6. The molecular formula is C19H20F2N4O. The first kappa shape index (κ1) is 18.0. The van der Waals surface area contributed by atoms with Crippen molar-refractivity contribution < 1.29 is 13.6 Å². The molecule has 0 aliphatic rings. The van der Waals surface area contributed by atoms with E-state index in [1.165, 1.54) is 12.1 Å². The second-order valence-electron chi connectivity index (χ2n) is 6.59. The predicted octanol–water partition coefficient (Wildman–Crippen LogP) is 4.09. The van der Waals surface area contributed by atoms with Gasteiger partial charge in [-0.3, -0.25) is 4.79 Å². The lowest BCUT2D eigenvalue weighted by atomic mass is 10.1. The Balaban J connectivity index is 1.95. The van der Waals surface area contributed by atoms with E-state index in [1.54, 1.807) is 30.8 Å². The molecule has 3 aromatic rings. The van der Waals surface area contributed by atoms with Crippen LogP contribution in [-0.2, 0) is 0 Å². The number of amides is 1. The lowest BCUT2D eigenvalue weighted by molar-refractivity contribution is 0.0941. The molecule has 7 heteroatoms. The first-order valence-corrected chi connectivity index (χ1v) is 8.38. The summed E-state index contributed by atoms with van der Waals surface area (Å²) in [5.41, 5.74) is 1.96. The molecule has 2 aromatic heterocycles. The molecule has 5 nitrogen and oxygen atoms in total. The largest absolute Gasteiger partial charge is 0.345 e. The molecule has 1 aromatic carbocycles. The van der Waals surface area contributed by atoms with E-state index in [2.05, 4.69) is 15.4 Å². The summed E-state index contributed by atoms with van der Waals surface area (Å²) >= 11 is 0. The van der Waals surface area contributed by atoms with Crippen molar-refractivity contribution in [1.82, 2.24) is 20.1 Å². The number of halogens is 2. The third kappa shape index (κ3) is 3.29. The summed E-state index contributed by atoms with van der Waals surface area (Å²) in [6.07, 6.45) is 1.61. The maximum atomic E-state index is 13.9. The van der Waals surface area contributed by atoms with E-state index in [0.29, 0.717) is 22.3 Å². The number of hydrogen-bond donors (Lipinski definition) is 1. The number of aryl methyl sites for hydroxylation is 1. The molecule has 3 rings (SSSR count). The van der Waals surface area contributed by atoms with Crippen LogP contribution in [0.15, 0.2) is 30.5 Å². The van der Waals surface area contributed by atoms with Gasteiger partial charge < -0.3 is 5.32 Å².